The number of hydrogen-bond donors (Lipinski definition) is 3. The Hall–Kier alpha value is -0.460. The molecule has 1 aliphatic carbocycles. The number of nitrogens with one attached hydrogen (secondary N) is 2. The molecular weight excluding hydrogens is 248 g/mol. The van der Waals surface area contributed by atoms with Crippen LogP contribution in [0, 0.1) is 0 Å². The molecule has 0 aromatic heterocycles. The van der Waals surface area contributed by atoms with Gasteiger partial charge in [0.05, 0.1) is 0 Å². The first-order valence-corrected chi connectivity index (χ1v) is 7.97. The Morgan fingerprint density at radius 2 is 2.33 bits per heavy atom. The van der Waals surface area contributed by atoms with Gasteiger partial charge in [-0.25, -0.2) is 5.84 Å². The van der Waals surface area contributed by atoms with Gasteiger partial charge in [-0.1, -0.05) is 0 Å². The Kier molecular flexibility index (Phi) is 8.20. The van der Waals surface area contributed by atoms with E-state index in [1.807, 2.05) is 18.7 Å². The van der Waals surface area contributed by atoms with Crippen LogP contribution in [0.1, 0.15) is 32.6 Å². The van der Waals surface area contributed by atoms with Crippen molar-refractivity contribution in [3.05, 3.63) is 0 Å². The number of rotatable bonds is 7. The third-order valence-corrected chi connectivity index (χ3v) is 4.21. The molecule has 2 atom stereocenters. The molecule has 1 rings (SSSR count). The lowest BCUT2D eigenvalue weighted by molar-refractivity contribution is 0.146. The average Bonchev–Trinajstić information content (AvgIpc) is 2.84. The van der Waals surface area contributed by atoms with Crippen molar-refractivity contribution in [3.63, 3.8) is 0 Å². The summed E-state index contributed by atoms with van der Waals surface area (Å²) in [6, 6.07) is 0.504. The summed E-state index contributed by atoms with van der Waals surface area (Å²) in [4.78, 5) is 4.41. The zero-order valence-corrected chi connectivity index (χ0v) is 12.3. The van der Waals surface area contributed by atoms with Gasteiger partial charge in [0, 0.05) is 31.1 Å². The third-order valence-electron chi connectivity index (χ3n) is 3.12. The number of hydrogen-bond acceptors (Lipinski definition) is 4. The number of hydrazine groups is 1. The Morgan fingerprint density at radius 1 is 1.50 bits per heavy atom. The minimum atomic E-state index is 0.504. The van der Waals surface area contributed by atoms with E-state index >= 15 is 0 Å². The van der Waals surface area contributed by atoms with E-state index in [0.717, 1.165) is 31.4 Å². The number of nitrogens with zero attached hydrogens (tertiary/aromatic N) is 1. The van der Waals surface area contributed by atoms with Crippen LogP contribution >= 0.6 is 11.8 Å². The van der Waals surface area contributed by atoms with Crippen LogP contribution in [0.25, 0.3) is 0 Å². The van der Waals surface area contributed by atoms with E-state index in [1.165, 1.54) is 19.3 Å². The van der Waals surface area contributed by atoms with Crippen LogP contribution in [0.5, 0.6) is 0 Å². The molecule has 106 valence electrons. The highest BCUT2D eigenvalue weighted by Gasteiger charge is 2.24. The summed E-state index contributed by atoms with van der Waals surface area (Å²) in [5, 5.41) is 4.16. The van der Waals surface area contributed by atoms with Crippen molar-refractivity contribution < 1.29 is 4.74 Å². The third kappa shape index (κ3) is 5.93. The minimum Gasteiger partial charge on any atom is -0.382 e. The van der Waals surface area contributed by atoms with Gasteiger partial charge in [0.25, 0.3) is 0 Å². The van der Waals surface area contributed by atoms with Crippen LogP contribution in [0.2, 0.25) is 0 Å². The van der Waals surface area contributed by atoms with E-state index in [-0.39, 0.29) is 0 Å². The second kappa shape index (κ2) is 9.47. The van der Waals surface area contributed by atoms with Gasteiger partial charge in [-0.3, -0.25) is 10.4 Å². The Balaban J connectivity index is 2.22. The lowest BCUT2D eigenvalue weighted by atomic mass is 10.2. The van der Waals surface area contributed by atoms with Crippen molar-refractivity contribution in [3.8, 4) is 0 Å². The molecule has 0 heterocycles. The van der Waals surface area contributed by atoms with Crippen LogP contribution < -0.4 is 16.6 Å². The van der Waals surface area contributed by atoms with Crippen LogP contribution in [0.15, 0.2) is 4.99 Å². The molecule has 0 amide bonds. The molecule has 0 aliphatic heterocycles. The maximum atomic E-state index is 5.48. The molecule has 1 fully saturated rings. The van der Waals surface area contributed by atoms with Gasteiger partial charge in [-0.15, -0.1) is 0 Å². The number of ether oxygens (including phenoxy) is 1. The normalized spacial score (nSPS) is 24.3. The molecule has 0 radical (unpaired) electrons. The number of thioether (sulfide) groups is 1. The smallest absolute Gasteiger partial charge is 0.205 e. The van der Waals surface area contributed by atoms with Gasteiger partial charge in [0.15, 0.2) is 0 Å². The van der Waals surface area contributed by atoms with Gasteiger partial charge in [-0.05, 0) is 38.9 Å². The second-order valence-electron chi connectivity index (χ2n) is 4.44. The highest BCUT2D eigenvalue weighted by Crippen LogP contribution is 2.27. The molecule has 0 bridgehead atoms. The van der Waals surface area contributed by atoms with Crippen molar-refractivity contribution in [1.29, 1.82) is 0 Å². The average molecular weight is 274 g/mol. The largest absolute Gasteiger partial charge is 0.382 e. The van der Waals surface area contributed by atoms with Crippen molar-refractivity contribution >= 4 is 17.7 Å². The van der Waals surface area contributed by atoms with E-state index in [1.54, 1.807) is 0 Å². The summed E-state index contributed by atoms with van der Waals surface area (Å²) in [6.07, 6.45) is 6.78. The van der Waals surface area contributed by atoms with Gasteiger partial charge < -0.3 is 10.1 Å². The first-order valence-electron chi connectivity index (χ1n) is 6.68. The van der Waals surface area contributed by atoms with Gasteiger partial charge in [0.2, 0.25) is 5.96 Å². The molecule has 5 nitrogen and oxygen atoms in total. The molecule has 2 unspecified atom stereocenters. The molecule has 0 aromatic carbocycles. The zero-order chi connectivity index (χ0) is 13.2. The fraction of sp³-hybridized carbons (Fsp3) is 0.917. The SMILES string of the molecule is CCOCCCN=C(NN)NC1CCC(SC)C1. The number of guanidine groups is 1. The summed E-state index contributed by atoms with van der Waals surface area (Å²) in [6.45, 7) is 4.27. The molecule has 0 spiro atoms. The first kappa shape index (κ1) is 15.6. The predicted octanol–water partition coefficient (Wildman–Crippen LogP) is 1.11. The van der Waals surface area contributed by atoms with Crippen molar-refractivity contribution in [2.45, 2.75) is 43.9 Å². The van der Waals surface area contributed by atoms with E-state index in [9.17, 15) is 0 Å². The summed E-state index contributed by atoms with van der Waals surface area (Å²) in [5.74, 6) is 6.19. The van der Waals surface area contributed by atoms with Gasteiger partial charge >= 0.3 is 0 Å². The summed E-state index contributed by atoms with van der Waals surface area (Å²) >= 11 is 1.95. The van der Waals surface area contributed by atoms with Crippen LogP contribution in [0.4, 0.5) is 0 Å². The fourth-order valence-electron chi connectivity index (χ4n) is 2.11. The van der Waals surface area contributed by atoms with Gasteiger partial charge in [-0.2, -0.15) is 11.8 Å². The van der Waals surface area contributed by atoms with Crippen molar-refractivity contribution in [1.82, 2.24) is 10.7 Å². The zero-order valence-electron chi connectivity index (χ0n) is 11.4. The Labute approximate surface area is 114 Å². The van der Waals surface area contributed by atoms with E-state index < -0.39 is 0 Å². The molecule has 4 N–H and O–H groups in total. The summed E-state index contributed by atoms with van der Waals surface area (Å²) < 4.78 is 5.27. The monoisotopic (exact) mass is 274 g/mol. The Morgan fingerprint density at radius 3 is 2.94 bits per heavy atom. The summed E-state index contributed by atoms with van der Waals surface area (Å²) in [7, 11) is 0. The predicted molar refractivity (Wildman–Crippen MR) is 78.8 cm³/mol. The maximum Gasteiger partial charge on any atom is 0.205 e. The van der Waals surface area contributed by atoms with E-state index in [4.69, 9.17) is 10.6 Å². The van der Waals surface area contributed by atoms with Crippen LogP contribution in [-0.2, 0) is 4.74 Å². The fourth-order valence-corrected chi connectivity index (χ4v) is 2.91. The standard InChI is InChI=1S/C12H26N4OS/c1-3-17-8-4-7-14-12(16-13)15-10-5-6-11(9-10)18-2/h10-11H,3-9,13H2,1-2H3,(H2,14,15,16). The summed E-state index contributed by atoms with van der Waals surface area (Å²) in [5.41, 5.74) is 2.64. The minimum absolute atomic E-state index is 0.504. The highest BCUT2D eigenvalue weighted by molar-refractivity contribution is 7.99. The molecule has 1 aliphatic rings. The maximum absolute atomic E-state index is 5.48. The van der Waals surface area contributed by atoms with Crippen molar-refractivity contribution in [2.75, 3.05) is 26.0 Å². The molecule has 0 saturated heterocycles. The van der Waals surface area contributed by atoms with Crippen LogP contribution in [-0.4, -0.2) is 43.3 Å². The van der Waals surface area contributed by atoms with E-state index in [0.29, 0.717) is 12.0 Å². The highest BCUT2D eigenvalue weighted by atomic mass is 32.2. The lowest BCUT2D eigenvalue weighted by Crippen LogP contribution is -2.45. The molecule has 18 heavy (non-hydrogen) atoms. The number of nitrogens with two attached hydrogens (primary N) is 1. The number of aliphatic imine (C=N–C) groups is 1. The van der Waals surface area contributed by atoms with Gasteiger partial charge in [0.1, 0.15) is 0 Å². The van der Waals surface area contributed by atoms with Crippen LogP contribution in [0.3, 0.4) is 0 Å². The second-order valence-corrected chi connectivity index (χ2v) is 5.58. The quantitative estimate of drug-likeness (QED) is 0.213. The first-order chi connectivity index (χ1) is 8.80. The molecular formula is C12H26N4OS. The molecule has 1 saturated carbocycles. The van der Waals surface area contributed by atoms with E-state index in [2.05, 4.69) is 22.0 Å². The van der Waals surface area contributed by atoms with Crippen molar-refractivity contribution in [2.24, 2.45) is 10.8 Å². The lowest BCUT2D eigenvalue weighted by Gasteiger charge is -2.15. The topological polar surface area (TPSA) is 71.7 Å². The Bertz CT molecular complexity index is 250. The molecule has 6 heteroatoms. The molecule has 0 aromatic rings.